The molecule has 0 radical (unpaired) electrons. The van der Waals surface area contributed by atoms with Crippen molar-refractivity contribution in [2.45, 2.75) is 33.0 Å². The molecule has 0 saturated carbocycles. The summed E-state index contributed by atoms with van der Waals surface area (Å²) < 4.78 is 11.0. The third-order valence-electron chi connectivity index (χ3n) is 3.49. The van der Waals surface area contributed by atoms with Crippen molar-refractivity contribution in [3.8, 4) is 11.8 Å². The molecule has 1 aromatic carbocycles. The molecule has 6 nitrogen and oxygen atoms in total. The number of furan rings is 1. The molecule has 0 spiro atoms. The highest BCUT2D eigenvalue weighted by Crippen LogP contribution is 2.15. The van der Waals surface area contributed by atoms with Crippen LogP contribution in [0.15, 0.2) is 40.8 Å². The van der Waals surface area contributed by atoms with E-state index in [0.717, 1.165) is 0 Å². The summed E-state index contributed by atoms with van der Waals surface area (Å²) in [6, 6.07) is 12.0. The standard InChI is InChI=1S/C19H22N2O4/c1-13(2)9-15(22)11-21-19(23)18-8-7-17(25-18)12-24-16-5-3-14(10-20)4-6-16/h3-8,13,15,22H,9,11-12H2,1-2H3,(H,21,23). The van der Waals surface area contributed by atoms with Crippen molar-refractivity contribution >= 4 is 5.91 Å². The lowest BCUT2D eigenvalue weighted by Crippen LogP contribution is -2.32. The fraction of sp³-hybridized carbons (Fsp3) is 0.368. The molecule has 132 valence electrons. The van der Waals surface area contributed by atoms with Gasteiger partial charge in [-0.1, -0.05) is 13.8 Å². The Morgan fingerprint density at radius 2 is 2.00 bits per heavy atom. The van der Waals surface area contributed by atoms with Crippen LogP contribution in [0.4, 0.5) is 0 Å². The molecule has 6 heteroatoms. The van der Waals surface area contributed by atoms with E-state index in [4.69, 9.17) is 14.4 Å². The first-order valence-electron chi connectivity index (χ1n) is 8.16. The number of nitriles is 1. The lowest BCUT2D eigenvalue weighted by Gasteiger charge is -2.13. The second-order valence-corrected chi connectivity index (χ2v) is 6.18. The summed E-state index contributed by atoms with van der Waals surface area (Å²) >= 11 is 0. The Morgan fingerprint density at radius 1 is 1.28 bits per heavy atom. The minimum absolute atomic E-state index is 0.176. The van der Waals surface area contributed by atoms with Crippen LogP contribution in [-0.4, -0.2) is 23.7 Å². The molecule has 1 heterocycles. The minimum Gasteiger partial charge on any atom is -0.486 e. The van der Waals surface area contributed by atoms with Crippen LogP contribution >= 0.6 is 0 Å². The predicted molar refractivity (Wildman–Crippen MR) is 92.0 cm³/mol. The Bertz CT molecular complexity index is 729. The molecule has 0 fully saturated rings. The monoisotopic (exact) mass is 342 g/mol. The largest absolute Gasteiger partial charge is 0.486 e. The van der Waals surface area contributed by atoms with Crippen LogP contribution in [0.1, 0.15) is 42.1 Å². The highest BCUT2D eigenvalue weighted by molar-refractivity contribution is 5.91. The maximum absolute atomic E-state index is 12.0. The summed E-state index contributed by atoms with van der Waals surface area (Å²) in [4.78, 5) is 12.0. The van der Waals surface area contributed by atoms with Crippen molar-refractivity contribution in [1.29, 1.82) is 5.26 Å². The van der Waals surface area contributed by atoms with Gasteiger partial charge in [0, 0.05) is 6.54 Å². The Morgan fingerprint density at radius 3 is 2.64 bits per heavy atom. The van der Waals surface area contributed by atoms with E-state index in [1.807, 2.05) is 19.9 Å². The van der Waals surface area contributed by atoms with Gasteiger partial charge in [0.05, 0.1) is 17.7 Å². The first-order valence-corrected chi connectivity index (χ1v) is 8.16. The van der Waals surface area contributed by atoms with Crippen molar-refractivity contribution in [3.05, 3.63) is 53.5 Å². The van der Waals surface area contributed by atoms with Crippen LogP contribution in [0.2, 0.25) is 0 Å². The fourth-order valence-electron chi connectivity index (χ4n) is 2.28. The zero-order valence-electron chi connectivity index (χ0n) is 14.4. The second-order valence-electron chi connectivity index (χ2n) is 6.18. The van der Waals surface area contributed by atoms with Gasteiger partial charge in [-0.05, 0) is 48.7 Å². The topological polar surface area (TPSA) is 95.5 Å². The number of ether oxygens (including phenoxy) is 1. The lowest BCUT2D eigenvalue weighted by atomic mass is 10.1. The van der Waals surface area contributed by atoms with E-state index >= 15 is 0 Å². The van der Waals surface area contributed by atoms with Gasteiger partial charge in [0.25, 0.3) is 5.91 Å². The van der Waals surface area contributed by atoms with Gasteiger partial charge in [0.15, 0.2) is 5.76 Å². The Hall–Kier alpha value is -2.78. The van der Waals surface area contributed by atoms with Crippen LogP contribution in [-0.2, 0) is 6.61 Å². The summed E-state index contributed by atoms with van der Waals surface area (Å²) in [5, 5.41) is 21.2. The number of carbonyl (C=O) groups is 1. The molecule has 0 saturated heterocycles. The van der Waals surface area contributed by atoms with Crippen molar-refractivity contribution < 1.29 is 19.1 Å². The van der Waals surface area contributed by atoms with Crippen molar-refractivity contribution in [3.63, 3.8) is 0 Å². The molecule has 1 aromatic heterocycles. The number of aliphatic hydroxyl groups is 1. The third-order valence-corrected chi connectivity index (χ3v) is 3.49. The highest BCUT2D eigenvalue weighted by atomic mass is 16.5. The number of carbonyl (C=O) groups excluding carboxylic acids is 1. The Balaban J connectivity index is 1.82. The maximum atomic E-state index is 12.0. The molecule has 0 aliphatic heterocycles. The normalized spacial score (nSPS) is 11.8. The molecule has 2 aromatic rings. The zero-order chi connectivity index (χ0) is 18.2. The number of hydrogen-bond donors (Lipinski definition) is 2. The molecule has 0 aliphatic carbocycles. The van der Waals surface area contributed by atoms with E-state index in [-0.39, 0.29) is 24.8 Å². The van der Waals surface area contributed by atoms with Crippen LogP contribution < -0.4 is 10.1 Å². The molecular weight excluding hydrogens is 320 g/mol. The summed E-state index contributed by atoms with van der Waals surface area (Å²) in [5.41, 5.74) is 0.559. The molecule has 1 unspecified atom stereocenters. The van der Waals surface area contributed by atoms with E-state index in [0.29, 0.717) is 29.4 Å². The van der Waals surface area contributed by atoms with Gasteiger partial charge in [-0.25, -0.2) is 0 Å². The first-order chi connectivity index (χ1) is 12.0. The van der Waals surface area contributed by atoms with Gasteiger partial charge in [-0.15, -0.1) is 0 Å². The van der Waals surface area contributed by atoms with Crippen LogP contribution in [0.3, 0.4) is 0 Å². The highest BCUT2D eigenvalue weighted by Gasteiger charge is 2.14. The SMILES string of the molecule is CC(C)CC(O)CNC(=O)c1ccc(COc2ccc(C#N)cc2)o1. The average molecular weight is 342 g/mol. The van der Waals surface area contributed by atoms with Gasteiger partial charge in [0.1, 0.15) is 18.1 Å². The molecular formula is C19H22N2O4. The molecule has 0 bridgehead atoms. The van der Waals surface area contributed by atoms with Gasteiger partial charge < -0.3 is 19.6 Å². The zero-order valence-corrected chi connectivity index (χ0v) is 14.4. The summed E-state index contributed by atoms with van der Waals surface area (Å²) in [6.45, 7) is 4.39. The summed E-state index contributed by atoms with van der Waals surface area (Å²) in [5.74, 6) is 1.29. The number of hydrogen-bond acceptors (Lipinski definition) is 5. The van der Waals surface area contributed by atoms with Crippen molar-refractivity contribution in [2.24, 2.45) is 5.92 Å². The van der Waals surface area contributed by atoms with Gasteiger partial charge >= 0.3 is 0 Å². The first kappa shape index (κ1) is 18.6. The quantitative estimate of drug-likeness (QED) is 0.769. The Kier molecular flexibility index (Phi) is 6.61. The van der Waals surface area contributed by atoms with Gasteiger partial charge in [-0.2, -0.15) is 5.26 Å². The molecule has 0 aliphatic rings. The number of nitrogens with zero attached hydrogens (tertiary/aromatic N) is 1. The second kappa shape index (κ2) is 8.90. The molecule has 1 amide bonds. The number of nitrogens with one attached hydrogen (secondary N) is 1. The summed E-state index contributed by atoms with van der Waals surface area (Å²) in [6.07, 6.45) is 0.0559. The fourth-order valence-corrected chi connectivity index (χ4v) is 2.28. The number of rotatable bonds is 8. The number of amides is 1. The summed E-state index contributed by atoms with van der Waals surface area (Å²) in [7, 11) is 0. The lowest BCUT2D eigenvalue weighted by molar-refractivity contribution is 0.0870. The third kappa shape index (κ3) is 5.98. The maximum Gasteiger partial charge on any atom is 0.287 e. The van der Waals surface area contributed by atoms with E-state index < -0.39 is 6.10 Å². The van der Waals surface area contributed by atoms with E-state index in [1.165, 1.54) is 0 Å². The van der Waals surface area contributed by atoms with Gasteiger partial charge in [0.2, 0.25) is 0 Å². The van der Waals surface area contributed by atoms with Gasteiger partial charge in [-0.3, -0.25) is 4.79 Å². The smallest absolute Gasteiger partial charge is 0.287 e. The van der Waals surface area contributed by atoms with Crippen molar-refractivity contribution in [2.75, 3.05) is 6.54 Å². The predicted octanol–water partition coefficient (Wildman–Crippen LogP) is 2.87. The van der Waals surface area contributed by atoms with E-state index in [1.54, 1.807) is 36.4 Å². The molecule has 2 N–H and O–H groups in total. The van der Waals surface area contributed by atoms with Crippen molar-refractivity contribution in [1.82, 2.24) is 5.32 Å². The van der Waals surface area contributed by atoms with E-state index in [9.17, 15) is 9.90 Å². The number of benzene rings is 1. The van der Waals surface area contributed by atoms with Crippen LogP contribution in [0, 0.1) is 17.2 Å². The van der Waals surface area contributed by atoms with Crippen LogP contribution in [0.5, 0.6) is 5.75 Å². The molecule has 1 atom stereocenters. The minimum atomic E-state index is -0.571. The number of aliphatic hydroxyl groups excluding tert-OH is 1. The molecule has 25 heavy (non-hydrogen) atoms. The average Bonchev–Trinajstić information content (AvgIpc) is 3.07. The Labute approximate surface area is 147 Å². The van der Waals surface area contributed by atoms with E-state index in [2.05, 4.69) is 5.32 Å². The molecule has 2 rings (SSSR count). The van der Waals surface area contributed by atoms with Crippen LogP contribution in [0.25, 0.3) is 0 Å².